The van der Waals surface area contributed by atoms with E-state index in [1.165, 1.54) is 49.7 Å². The third-order valence-corrected chi connectivity index (χ3v) is 5.31. The zero-order chi connectivity index (χ0) is 13.9. The third-order valence-electron chi connectivity index (χ3n) is 4.40. The van der Waals surface area contributed by atoms with Crippen LogP contribution in [0.3, 0.4) is 0 Å². The Morgan fingerprint density at radius 3 is 2.16 bits per heavy atom. The van der Waals surface area contributed by atoms with E-state index in [9.17, 15) is 0 Å². The van der Waals surface area contributed by atoms with E-state index in [1.807, 2.05) is 0 Å². The van der Waals surface area contributed by atoms with Crippen molar-refractivity contribution in [1.82, 2.24) is 0 Å². The molecule has 1 saturated carbocycles. The lowest BCUT2D eigenvalue weighted by Crippen LogP contribution is -2.11. The Morgan fingerprint density at radius 2 is 1.63 bits per heavy atom. The van der Waals surface area contributed by atoms with Crippen molar-refractivity contribution in [1.29, 1.82) is 0 Å². The highest BCUT2D eigenvalue weighted by Crippen LogP contribution is 2.36. The van der Waals surface area contributed by atoms with Gasteiger partial charge >= 0.3 is 0 Å². The lowest BCUT2D eigenvalue weighted by molar-refractivity contribution is 0.338. The molecule has 1 fully saturated rings. The molecule has 0 N–H and O–H groups in total. The highest BCUT2D eigenvalue weighted by atomic mass is 79.9. The normalized spacial score (nSPS) is 19.4. The van der Waals surface area contributed by atoms with Gasteiger partial charge in [0, 0.05) is 4.83 Å². The van der Waals surface area contributed by atoms with Gasteiger partial charge in [-0.05, 0) is 28.9 Å². The van der Waals surface area contributed by atoms with Gasteiger partial charge in [0.2, 0.25) is 0 Å². The third kappa shape index (κ3) is 4.34. The molecule has 1 aromatic rings. The van der Waals surface area contributed by atoms with Crippen molar-refractivity contribution in [3.8, 4) is 0 Å². The van der Waals surface area contributed by atoms with Gasteiger partial charge in [-0.25, -0.2) is 0 Å². The monoisotopic (exact) mass is 322 g/mol. The summed E-state index contributed by atoms with van der Waals surface area (Å²) in [4.78, 5) is 0.532. The maximum atomic E-state index is 3.90. The molecule has 1 unspecified atom stereocenters. The summed E-state index contributed by atoms with van der Waals surface area (Å²) in [5.41, 5.74) is 3.12. The standard InChI is InChI=1S/C18H27Br/c1-18(2,3)16-11-9-15(10-12-16)17(19)13-14-7-5-4-6-8-14/h9-12,14,17H,4-8,13H2,1-3H3. The second kappa shape index (κ2) is 6.43. The van der Waals surface area contributed by atoms with Gasteiger partial charge in [-0.1, -0.05) is 93.1 Å². The summed E-state index contributed by atoms with van der Waals surface area (Å²) in [5, 5.41) is 0. The minimum atomic E-state index is 0.254. The zero-order valence-corrected chi connectivity index (χ0v) is 14.2. The van der Waals surface area contributed by atoms with E-state index in [-0.39, 0.29) is 5.41 Å². The van der Waals surface area contributed by atoms with Gasteiger partial charge in [0.1, 0.15) is 0 Å². The van der Waals surface area contributed by atoms with Crippen LogP contribution in [-0.2, 0) is 5.41 Å². The Balaban J connectivity index is 1.97. The van der Waals surface area contributed by atoms with Crippen LogP contribution in [0.1, 0.15) is 75.3 Å². The van der Waals surface area contributed by atoms with Gasteiger partial charge in [0.05, 0.1) is 0 Å². The fourth-order valence-corrected chi connectivity index (χ4v) is 3.88. The Labute approximate surface area is 127 Å². The van der Waals surface area contributed by atoms with Crippen LogP contribution in [0.15, 0.2) is 24.3 Å². The van der Waals surface area contributed by atoms with E-state index < -0.39 is 0 Å². The molecule has 1 aromatic carbocycles. The molecule has 0 spiro atoms. The molecule has 0 heterocycles. The van der Waals surface area contributed by atoms with Gasteiger partial charge in [-0.15, -0.1) is 0 Å². The van der Waals surface area contributed by atoms with E-state index >= 15 is 0 Å². The van der Waals surface area contributed by atoms with Gasteiger partial charge in [0.15, 0.2) is 0 Å². The maximum absolute atomic E-state index is 3.90. The predicted molar refractivity (Wildman–Crippen MR) is 88.0 cm³/mol. The first-order chi connectivity index (χ1) is 8.97. The molecule has 0 nitrogen and oxygen atoms in total. The second-order valence-electron chi connectivity index (χ2n) is 7.08. The smallest absolute Gasteiger partial charge is 0.0397 e. The van der Waals surface area contributed by atoms with Gasteiger partial charge < -0.3 is 0 Å². The molecule has 1 aliphatic carbocycles. The molecule has 0 aliphatic heterocycles. The van der Waals surface area contributed by atoms with Gasteiger partial charge in [-0.2, -0.15) is 0 Å². The second-order valence-corrected chi connectivity index (χ2v) is 8.18. The lowest BCUT2D eigenvalue weighted by Gasteiger charge is -2.24. The molecule has 106 valence electrons. The Hall–Kier alpha value is -0.300. The summed E-state index contributed by atoms with van der Waals surface area (Å²) >= 11 is 3.90. The first-order valence-electron chi connectivity index (χ1n) is 7.71. The summed E-state index contributed by atoms with van der Waals surface area (Å²) in [5.74, 6) is 0.931. The van der Waals surface area contributed by atoms with Crippen LogP contribution in [0, 0.1) is 5.92 Å². The molecule has 0 bridgehead atoms. The number of halogens is 1. The summed E-state index contributed by atoms with van der Waals surface area (Å²) < 4.78 is 0. The minimum Gasteiger partial charge on any atom is -0.0839 e. The number of hydrogen-bond donors (Lipinski definition) is 0. The molecular weight excluding hydrogens is 296 g/mol. The van der Waals surface area contributed by atoms with E-state index in [4.69, 9.17) is 0 Å². The van der Waals surface area contributed by atoms with Gasteiger partial charge in [-0.3, -0.25) is 0 Å². The van der Waals surface area contributed by atoms with Crippen LogP contribution in [0.4, 0.5) is 0 Å². The molecular formula is C18H27Br. The largest absolute Gasteiger partial charge is 0.0839 e. The molecule has 19 heavy (non-hydrogen) atoms. The Kier molecular flexibility index (Phi) is 5.11. The summed E-state index contributed by atoms with van der Waals surface area (Å²) in [7, 11) is 0. The molecule has 1 atom stereocenters. The van der Waals surface area contributed by atoms with E-state index in [0.717, 1.165) is 5.92 Å². The number of alkyl halides is 1. The summed E-state index contributed by atoms with van der Waals surface area (Å²) in [6.07, 6.45) is 8.49. The van der Waals surface area contributed by atoms with E-state index in [2.05, 4.69) is 61.0 Å². The van der Waals surface area contributed by atoms with Crippen LogP contribution in [-0.4, -0.2) is 0 Å². The number of benzene rings is 1. The first-order valence-corrected chi connectivity index (χ1v) is 8.63. The molecule has 0 amide bonds. The minimum absolute atomic E-state index is 0.254. The fourth-order valence-electron chi connectivity index (χ4n) is 3.04. The van der Waals surface area contributed by atoms with Crippen molar-refractivity contribution in [2.24, 2.45) is 5.92 Å². The average molecular weight is 323 g/mol. The maximum Gasteiger partial charge on any atom is 0.0397 e. The number of hydrogen-bond acceptors (Lipinski definition) is 0. The molecule has 0 radical (unpaired) electrons. The molecule has 1 aliphatic rings. The van der Waals surface area contributed by atoms with Crippen molar-refractivity contribution < 1.29 is 0 Å². The quantitative estimate of drug-likeness (QED) is 0.565. The van der Waals surface area contributed by atoms with Crippen LogP contribution < -0.4 is 0 Å². The Bertz CT molecular complexity index is 379. The molecule has 1 heteroatoms. The van der Waals surface area contributed by atoms with Crippen molar-refractivity contribution in [2.45, 2.75) is 69.5 Å². The van der Waals surface area contributed by atoms with Crippen molar-refractivity contribution in [2.75, 3.05) is 0 Å². The van der Waals surface area contributed by atoms with Crippen LogP contribution in [0.25, 0.3) is 0 Å². The van der Waals surface area contributed by atoms with Crippen molar-refractivity contribution in [3.05, 3.63) is 35.4 Å². The van der Waals surface area contributed by atoms with E-state index in [0.29, 0.717) is 4.83 Å². The zero-order valence-electron chi connectivity index (χ0n) is 12.6. The van der Waals surface area contributed by atoms with Crippen molar-refractivity contribution >= 4 is 15.9 Å². The first kappa shape index (κ1) is 15.1. The number of rotatable bonds is 3. The highest BCUT2D eigenvalue weighted by Gasteiger charge is 2.19. The van der Waals surface area contributed by atoms with Crippen molar-refractivity contribution in [3.63, 3.8) is 0 Å². The fraction of sp³-hybridized carbons (Fsp3) is 0.667. The van der Waals surface area contributed by atoms with Crippen LogP contribution in [0.2, 0.25) is 0 Å². The molecule has 0 saturated heterocycles. The lowest BCUT2D eigenvalue weighted by atomic mass is 9.84. The van der Waals surface area contributed by atoms with Gasteiger partial charge in [0.25, 0.3) is 0 Å². The predicted octanol–water partition coefficient (Wildman–Crippen LogP) is 6.39. The van der Waals surface area contributed by atoms with Crippen LogP contribution in [0.5, 0.6) is 0 Å². The summed E-state index contributed by atoms with van der Waals surface area (Å²) in [6, 6.07) is 9.21. The molecule has 0 aromatic heterocycles. The Morgan fingerprint density at radius 1 is 1.05 bits per heavy atom. The van der Waals surface area contributed by atoms with Crippen LogP contribution >= 0.6 is 15.9 Å². The van der Waals surface area contributed by atoms with E-state index in [1.54, 1.807) is 0 Å². The highest BCUT2D eigenvalue weighted by molar-refractivity contribution is 9.09. The summed E-state index contributed by atoms with van der Waals surface area (Å²) in [6.45, 7) is 6.82. The SMILES string of the molecule is CC(C)(C)c1ccc(C(Br)CC2CCCCC2)cc1. The molecule has 2 rings (SSSR count). The average Bonchev–Trinajstić information content (AvgIpc) is 2.39. The topological polar surface area (TPSA) is 0 Å².